The molecule has 114 valence electrons. The minimum Gasteiger partial charge on any atom is -0.480 e. The molecule has 0 bridgehead atoms. The van der Waals surface area contributed by atoms with Crippen LogP contribution in [0.1, 0.15) is 32.6 Å². The highest BCUT2D eigenvalue weighted by Gasteiger charge is 2.34. The normalized spacial score (nSPS) is 28.1. The number of hydrogen-bond acceptors (Lipinski definition) is 3. The van der Waals surface area contributed by atoms with Crippen LogP contribution >= 0.6 is 11.8 Å². The number of carbonyl (C=O) groups excluding carboxylic acids is 1. The number of hydrogen-bond donors (Lipinski definition) is 2. The highest BCUT2D eigenvalue weighted by atomic mass is 32.2. The first kappa shape index (κ1) is 15.5. The second-order valence-corrected chi connectivity index (χ2v) is 7.14. The lowest BCUT2D eigenvalue weighted by atomic mass is 9.93. The lowest BCUT2D eigenvalue weighted by Gasteiger charge is -2.36. The fourth-order valence-electron chi connectivity index (χ4n) is 2.90. The Hall–Kier alpha value is -0.910. The molecule has 2 amide bonds. The zero-order chi connectivity index (χ0) is 14.5. The van der Waals surface area contributed by atoms with Gasteiger partial charge in [-0.2, -0.15) is 11.8 Å². The summed E-state index contributed by atoms with van der Waals surface area (Å²) >= 11 is 1.96. The minimum absolute atomic E-state index is 0.206. The summed E-state index contributed by atoms with van der Waals surface area (Å²) in [7, 11) is 0. The molecule has 2 heterocycles. The van der Waals surface area contributed by atoms with Crippen LogP contribution in [0.15, 0.2) is 0 Å². The van der Waals surface area contributed by atoms with Crippen molar-refractivity contribution in [2.24, 2.45) is 11.8 Å². The Labute approximate surface area is 124 Å². The van der Waals surface area contributed by atoms with Crippen LogP contribution in [0.4, 0.5) is 4.79 Å². The molecule has 20 heavy (non-hydrogen) atoms. The number of rotatable bonds is 3. The van der Waals surface area contributed by atoms with Gasteiger partial charge in [-0.3, -0.25) is 0 Å². The minimum atomic E-state index is -0.888. The zero-order valence-corrected chi connectivity index (χ0v) is 12.8. The van der Waals surface area contributed by atoms with Crippen LogP contribution in [0.3, 0.4) is 0 Å². The number of carboxylic acids is 1. The number of piperidine rings is 1. The van der Waals surface area contributed by atoms with Crippen molar-refractivity contribution in [1.29, 1.82) is 0 Å². The summed E-state index contributed by atoms with van der Waals surface area (Å²) < 4.78 is 0. The average molecular weight is 300 g/mol. The van der Waals surface area contributed by atoms with Gasteiger partial charge in [0.05, 0.1) is 0 Å². The van der Waals surface area contributed by atoms with Crippen LogP contribution in [0, 0.1) is 11.8 Å². The molecule has 2 saturated heterocycles. The molecule has 6 heteroatoms. The predicted molar refractivity (Wildman–Crippen MR) is 80.0 cm³/mol. The monoisotopic (exact) mass is 300 g/mol. The van der Waals surface area contributed by atoms with Crippen molar-refractivity contribution in [3.8, 4) is 0 Å². The van der Waals surface area contributed by atoms with E-state index in [1.165, 1.54) is 16.4 Å². The third kappa shape index (κ3) is 4.04. The lowest BCUT2D eigenvalue weighted by molar-refractivity contribution is -0.143. The largest absolute Gasteiger partial charge is 0.480 e. The standard InChI is InChI=1S/C14H24N2O3S/c1-10-2-5-16(12(8-10)13(17)18)14(19)15-9-11-3-6-20-7-4-11/h10-12H,2-9H2,1H3,(H,15,19)(H,17,18). The van der Waals surface area contributed by atoms with Gasteiger partial charge in [-0.05, 0) is 49.0 Å². The quantitative estimate of drug-likeness (QED) is 0.836. The summed E-state index contributed by atoms with van der Waals surface area (Å²) in [6.07, 6.45) is 3.73. The number of thioether (sulfide) groups is 1. The van der Waals surface area contributed by atoms with Crippen molar-refractivity contribution in [1.82, 2.24) is 10.2 Å². The van der Waals surface area contributed by atoms with E-state index >= 15 is 0 Å². The summed E-state index contributed by atoms with van der Waals surface area (Å²) in [6, 6.07) is -0.872. The smallest absolute Gasteiger partial charge is 0.326 e. The van der Waals surface area contributed by atoms with E-state index in [1.807, 2.05) is 18.7 Å². The van der Waals surface area contributed by atoms with E-state index in [9.17, 15) is 14.7 Å². The number of amides is 2. The van der Waals surface area contributed by atoms with E-state index in [4.69, 9.17) is 0 Å². The second kappa shape index (κ2) is 7.20. The Morgan fingerprint density at radius 1 is 1.30 bits per heavy atom. The highest BCUT2D eigenvalue weighted by Crippen LogP contribution is 2.24. The van der Waals surface area contributed by atoms with E-state index in [-0.39, 0.29) is 6.03 Å². The Balaban J connectivity index is 1.84. The van der Waals surface area contributed by atoms with Gasteiger partial charge >= 0.3 is 12.0 Å². The Kier molecular flexibility index (Phi) is 5.57. The zero-order valence-electron chi connectivity index (χ0n) is 12.0. The maximum Gasteiger partial charge on any atom is 0.326 e. The van der Waals surface area contributed by atoms with Gasteiger partial charge in [0.1, 0.15) is 6.04 Å². The molecule has 2 aliphatic heterocycles. The van der Waals surface area contributed by atoms with Gasteiger partial charge in [0.2, 0.25) is 0 Å². The molecule has 2 unspecified atom stereocenters. The molecular formula is C14H24N2O3S. The van der Waals surface area contributed by atoms with E-state index < -0.39 is 12.0 Å². The van der Waals surface area contributed by atoms with E-state index in [0.29, 0.717) is 31.3 Å². The fourth-order valence-corrected chi connectivity index (χ4v) is 4.11. The Morgan fingerprint density at radius 3 is 2.65 bits per heavy atom. The van der Waals surface area contributed by atoms with Crippen LogP contribution in [-0.4, -0.2) is 52.6 Å². The SMILES string of the molecule is CC1CCN(C(=O)NCC2CCSCC2)C(C(=O)O)C1. The van der Waals surface area contributed by atoms with Crippen LogP contribution < -0.4 is 5.32 Å². The van der Waals surface area contributed by atoms with Gasteiger partial charge in [-0.1, -0.05) is 6.92 Å². The molecule has 2 fully saturated rings. The summed E-state index contributed by atoms with van der Waals surface area (Å²) in [5.41, 5.74) is 0. The summed E-state index contributed by atoms with van der Waals surface area (Å²) in [5.74, 6) is 2.36. The number of carbonyl (C=O) groups is 2. The van der Waals surface area contributed by atoms with Crippen molar-refractivity contribution in [2.75, 3.05) is 24.6 Å². The second-order valence-electron chi connectivity index (χ2n) is 5.92. The molecular weight excluding hydrogens is 276 g/mol. The summed E-state index contributed by atoms with van der Waals surface area (Å²) in [4.78, 5) is 25.0. The molecule has 0 aromatic heterocycles. The molecule has 0 aliphatic carbocycles. The molecule has 2 aliphatic rings. The van der Waals surface area contributed by atoms with E-state index in [0.717, 1.165) is 19.3 Å². The molecule has 0 radical (unpaired) electrons. The maximum absolute atomic E-state index is 12.2. The predicted octanol–water partition coefficient (Wildman–Crippen LogP) is 2.02. The van der Waals surface area contributed by atoms with Gasteiger partial charge in [-0.25, -0.2) is 9.59 Å². The average Bonchev–Trinajstić information content (AvgIpc) is 2.45. The topological polar surface area (TPSA) is 69.6 Å². The van der Waals surface area contributed by atoms with Gasteiger partial charge in [-0.15, -0.1) is 0 Å². The first-order valence-corrected chi connectivity index (χ1v) is 8.58. The van der Waals surface area contributed by atoms with Crippen LogP contribution in [0.5, 0.6) is 0 Å². The molecule has 0 aromatic carbocycles. The van der Waals surface area contributed by atoms with Crippen molar-refractivity contribution in [3.63, 3.8) is 0 Å². The molecule has 2 atom stereocenters. The molecule has 5 nitrogen and oxygen atoms in total. The van der Waals surface area contributed by atoms with Crippen LogP contribution in [0.25, 0.3) is 0 Å². The van der Waals surface area contributed by atoms with Gasteiger partial charge in [0.25, 0.3) is 0 Å². The third-order valence-electron chi connectivity index (χ3n) is 4.29. The number of likely N-dealkylation sites (tertiary alicyclic amines) is 1. The molecule has 0 aromatic rings. The molecule has 0 spiro atoms. The number of aliphatic carboxylic acids is 1. The van der Waals surface area contributed by atoms with Crippen molar-refractivity contribution in [3.05, 3.63) is 0 Å². The van der Waals surface area contributed by atoms with Gasteiger partial charge in [0, 0.05) is 13.1 Å². The van der Waals surface area contributed by atoms with Crippen molar-refractivity contribution < 1.29 is 14.7 Å². The highest BCUT2D eigenvalue weighted by molar-refractivity contribution is 7.99. The van der Waals surface area contributed by atoms with E-state index in [1.54, 1.807) is 0 Å². The Morgan fingerprint density at radius 2 is 2.00 bits per heavy atom. The van der Waals surface area contributed by atoms with Gasteiger partial charge in [0.15, 0.2) is 0 Å². The summed E-state index contributed by atoms with van der Waals surface area (Å²) in [5, 5.41) is 12.2. The van der Waals surface area contributed by atoms with E-state index in [2.05, 4.69) is 5.32 Å². The molecule has 0 saturated carbocycles. The number of urea groups is 1. The third-order valence-corrected chi connectivity index (χ3v) is 5.34. The first-order valence-electron chi connectivity index (χ1n) is 7.43. The summed E-state index contributed by atoms with van der Waals surface area (Å²) in [6.45, 7) is 3.27. The molecule has 2 rings (SSSR count). The fraction of sp³-hybridized carbons (Fsp3) is 0.857. The molecule has 2 N–H and O–H groups in total. The van der Waals surface area contributed by atoms with Crippen LogP contribution in [0.2, 0.25) is 0 Å². The van der Waals surface area contributed by atoms with Gasteiger partial charge < -0.3 is 15.3 Å². The van der Waals surface area contributed by atoms with Crippen molar-refractivity contribution >= 4 is 23.8 Å². The van der Waals surface area contributed by atoms with Crippen LogP contribution in [-0.2, 0) is 4.79 Å². The number of nitrogens with zero attached hydrogens (tertiary/aromatic N) is 1. The lowest BCUT2D eigenvalue weighted by Crippen LogP contribution is -2.53. The number of nitrogens with one attached hydrogen (secondary N) is 1. The van der Waals surface area contributed by atoms with Crippen molar-refractivity contribution in [2.45, 2.75) is 38.6 Å². The first-order chi connectivity index (χ1) is 9.58. The Bertz CT molecular complexity index is 358. The number of carboxylic acid groups (broad SMARTS) is 1. The maximum atomic E-state index is 12.2.